The Bertz CT molecular complexity index is 1170. The largest absolute Gasteiger partial charge is 0.493 e. The standard InChI is InChI=1S/C30H44F3NO2.C8H10/c1-5-8-10-21(6-2)16-22-17-26-27(29(26,7-3)18-22)28(35)34-19-25(15-20(34)4)36-24-12-9-11-23(13-14-24)30(31,32)33;1-2-4-7-6-8(7)5-3-1/h9,11,13-14,20-22,25-27H,5-8,10,12,15-19H2,1-4H3;1-4,7-8H,5-6H2/t20?,21?,22?,25?,26-,27+,29?;/m0./s1. The van der Waals surface area contributed by atoms with Gasteiger partial charge in [0.25, 0.3) is 0 Å². The quantitative estimate of drug-likeness (QED) is 0.245. The molecule has 0 radical (unpaired) electrons. The fraction of sp³-hybridized carbons (Fsp3) is 0.711. The Morgan fingerprint density at radius 2 is 1.93 bits per heavy atom. The van der Waals surface area contributed by atoms with Crippen LogP contribution in [0.15, 0.2) is 59.9 Å². The molecule has 0 aromatic carbocycles. The minimum Gasteiger partial charge on any atom is -0.493 e. The second-order valence-corrected chi connectivity index (χ2v) is 14.5. The molecule has 1 heterocycles. The first-order valence-corrected chi connectivity index (χ1v) is 17.5. The minimum absolute atomic E-state index is 0.0928. The third-order valence-corrected chi connectivity index (χ3v) is 11.6. The van der Waals surface area contributed by atoms with Crippen LogP contribution in [0.3, 0.4) is 0 Å². The molecule has 0 N–H and O–H groups in total. The van der Waals surface area contributed by atoms with Crippen LogP contribution in [0.2, 0.25) is 0 Å². The van der Waals surface area contributed by atoms with E-state index in [1.54, 1.807) is 0 Å². The normalized spacial score (nSPS) is 35.8. The number of ether oxygens (including phenoxy) is 1. The molecule has 3 nitrogen and oxygen atoms in total. The molecule has 4 fully saturated rings. The second kappa shape index (κ2) is 14.0. The lowest BCUT2D eigenvalue weighted by Crippen LogP contribution is -2.37. The summed E-state index contributed by atoms with van der Waals surface area (Å²) in [5.74, 6) is 5.03. The Balaban J connectivity index is 0.000000410. The van der Waals surface area contributed by atoms with Gasteiger partial charge < -0.3 is 9.64 Å². The molecule has 0 bridgehead atoms. The fourth-order valence-electron chi connectivity index (χ4n) is 8.85. The Morgan fingerprint density at radius 3 is 2.64 bits per heavy atom. The average molecular weight is 614 g/mol. The molecule has 0 aromatic heterocycles. The summed E-state index contributed by atoms with van der Waals surface area (Å²) in [5.41, 5.74) is -0.478. The van der Waals surface area contributed by atoms with Gasteiger partial charge in [0.2, 0.25) is 5.91 Å². The first-order chi connectivity index (χ1) is 21.1. The number of alkyl halides is 3. The summed E-state index contributed by atoms with van der Waals surface area (Å²) in [6.07, 6.45) is 23.3. The summed E-state index contributed by atoms with van der Waals surface area (Å²) < 4.78 is 45.1. The first kappa shape index (κ1) is 33.1. The van der Waals surface area contributed by atoms with Crippen LogP contribution in [0.1, 0.15) is 105 Å². The number of fused-ring (bicyclic) bond motifs is 2. The van der Waals surface area contributed by atoms with Gasteiger partial charge in [-0.05, 0) is 92.6 Å². The van der Waals surface area contributed by atoms with Gasteiger partial charge in [-0.3, -0.25) is 4.79 Å². The van der Waals surface area contributed by atoms with Gasteiger partial charge in [-0.25, -0.2) is 0 Å². The zero-order chi connectivity index (χ0) is 31.5. The van der Waals surface area contributed by atoms with Crippen molar-refractivity contribution in [2.45, 2.75) is 123 Å². The van der Waals surface area contributed by atoms with E-state index in [-0.39, 0.29) is 29.4 Å². The summed E-state index contributed by atoms with van der Waals surface area (Å²) in [7, 11) is 0. The van der Waals surface area contributed by atoms with Crippen molar-refractivity contribution in [2.75, 3.05) is 6.54 Å². The summed E-state index contributed by atoms with van der Waals surface area (Å²) in [6.45, 7) is 9.44. The van der Waals surface area contributed by atoms with Gasteiger partial charge in [-0.2, -0.15) is 13.2 Å². The minimum atomic E-state index is -4.36. The predicted molar refractivity (Wildman–Crippen MR) is 171 cm³/mol. The molecule has 1 amide bonds. The number of likely N-dealkylation sites (tertiary alicyclic amines) is 1. The highest BCUT2D eigenvalue weighted by Gasteiger charge is 2.71. The first-order valence-electron chi connectivity index (χ1n) is 17.5. The average Bonchev–Trinajstić information content (AvgIpc) is 3.83. The third kappa shape index (κ3) is 7.58. The molecule has 244 valence electrons. The molecular weight excluding hydrogens is 559 g/mol. The maximum Gasteiger partial charge on any atom is 0.416 e. The van der Waals surface area contributed by atoms with E-state index in [0.717, 1.165) is 48.7 Å². The number of allylic oxidation sites excluding steroid dienone is 9. The molecule has 1 saturated heterocycles. The monoisotopic (exact) mass is 613 g/mol. The van der Waals surface area contributed by atoms with Crippen LogP contribution < -0.4 is 0 Å². The molecule has 9 atom stereocenters. The molecular formula is C38H54F3NO2. The van der Waals surface area contributed by atoms with Gasteiger partial charge in [-0.15, -0.1) is 0 Å². The highest BCUT2D eigenvalue weighted by Crippen LogP contribution is 2.73. The molecule has 5 aliphatic carbocycles. The van der Waals surface area contributed by atoms with Crippen molar-refractivity contribution < 1.29 is 22.7 Å². The maximum atomic E-state index is 13.7. The molecule has 0 spiro atoms. The topological polar surface area (TPSA) is 29.5 Å². The van der Waals surface area contributed by atoms with Crippen LogP contribution in [0.4, 0.5) is 13.2 Å². The van der Waals surface area contributed by atoms with E-state index in [4.69, 9.17) is 4.74 Å². The van der Waals surface area contributed by atoms with E-state index < -0.39 is 11.7 Å². The number of halogens is 3. The highest BCUT2D eigenvalue weighted by atomic mass is 19.4. The molecule has 6 heteroatoms. The van der Waals surface area contributed by atoms with Crippen LogP contribution in [-0.2, 0) is 9.53 Å². The van der Waals surface area contributed by atoms with E-state index in [9.17, 15) is 18.0 Å². The van der Waals surface area contributed by atoms with Crippen molar-refractivity contribution in [1.29, 1.82) is 0 Å². The molecule has 6 rings (SSSR count). The lowest BCUT2D eigenvalue weighted by Gasteiger charge is -2.27. The lowest BCUT2D eigenvalue weighted by atomic mass is 9.82. The lowest BCUT2D eigenvalue weighted by molar-refractivity contribution is -0.135. The van der Waals surface area contributed by atoms with Crippen LogP contribution >= 0.6 is 0 Å². The number of carbonyl (C=O) groups is 1. The third-order valence-electron chi connectivity index (χ3n) is 11.6. The number of hydrogen-bond acceptors (Lipinski definition) is 2. The summed E-state index contributed by atoms with van der Waals surface area (Å²) in [4.78, 5) is 15.7. The van der Waals surface area contributed by atoms with Crippen LogP contribution in [0, 0.1) is 40.9 Å². The van der Waals surface area contributed by atoms with Gasteiger partial charge in [-0.1, -0.05) is 82.9 Å². The summed E-state index contributed by atoms with van der Waals surface area (Å²) >= 11 is 0. The Hall–Kier alpha value is -2.24. The Morgan fingerprint density at radius 1 is 1.11 bits per heavy atom. The molecule has 3 saturated carbocycles. The van der Waals surface area contributed by atoms with Crippen molar-refractivity contribution in [3.05, 3.63) is 59.9 Å². The van der Waals surface area contributed by atoms with E-state index in [1.807, 2.05) is 4.90 Å². The maximum absolute atomic E-state index is 13.7. The molecule has 1 aliphatic heterocycles. The van der Waals surface area contributed by atoms with Crippen molar-refractivity contribution in [1.82, 2.24) is 4.90 Å². The van der Waals surface area contributed by atoms with Gasteiger partial charge >= 0.3 is 6.18 Å². The van der Waals surface area contributed by atoms with Crippen molar-refractivity contribution >= 4 is 5.91 Å². The van der Waals surface area contributed by atoms with Gasteiger partial charge in [0, 0.05) is 24.8 Å². The van der Waals surface area contributed by atoms with E-state index >= 15 is 0 Å². The number of nitrogens with zero attached hydrogens (tertiary/aromatic N) is 1. The van der Waals surface area contributed by atoms with Gasteiger partial charge in [0.15, 0.2) is 0 Å². The zero-order valence-electron chi connectivity index (χ0n) is 27.3. The van der Waals surface area contributed by atoms with Gasteiger partial charge in [0.05, 0.1) is 12.1 Å². The van der Waals surface area contributed by atoms with Crippen molar-refractivity contribution in [3.8, 4) is 0 Å². The van der Waals surface area contributed by atoms with Crippen molar-refractivity contribution in [2.24, 2.45) is 40.9 Å². The number of unbranched alkanes of at least 4 members (excludes halogenated alkanes) is 1. The highest BCUT2D eigenvalue weighted by molar-refractivity contribution is 5.84. The molecule has 6 aliphatic rings. The number of amides is 1. The SMILES string of the molecule is C1=CCC2CC2C=C1.CCCCC(CC)CC1C[C@H]2[C@H](C(=O)N3CC(OC4=CC=C(C(F)(F)F)C=CC4)CC3C)C2(CC)C1. The predicted octanol–water partition coefficient (Wildman–Crippen LogP) is 10.1. The van der Waals surface area contributed by atoms with E-state index in [1.165, 1.54) is 69.9 Å². The molecule has 0 aromatic rings. The van der Waals surface area contributed by atoms with Crippen LogP contribution in [0.25, 0.3) is 0 Å². The van der Waals surface area contributed by atoms with Gasteiger partial charge in [0.1, 0.15) is 11.9 Å². The summed E-state index contributed by atoms with van der Waals surface area (Å²) in [5, 5.41) is 0. The number of rotatable bonds is 10. The summed E-state index contributed by atoms with van der Waals surface area (Å²) in [6, 6.07) is 0.0928. The Kier molecular flexibility index (Phi) is 10.6. The van der Waals surface area contributed by atoms with E-state index in [2.05, 4.69) is 52.0 Å². The Labute approximate surface area is 263 Å². The molecule has 44 heavy (non-hydrogen) atoms. The van der Waals surface area contributed by atoms with Crippen LogP contribution in [0.5, 0.6) is 0 Å². The second-order valence-electron chi connectivity index (χ2n) is 14.5. The number of hydrogen-bond donors (Lipinski definition) is 0. The van der Waals surface area contributed by atoms with E-state index in [0.29, 0.717) is 24.6 Å². The van der Waals surface area contributed by atoms with Crippen LogP contribution in [-0.4, -0.2) is 35.7 Å². The zero-order valence-corrected chi connectivity index (χ0v) is 27.3. The number of carbonyl (C=O) groups excluding carboxylic acids is 1. The molecule has 7 unspecified atom stereocenters. The van der Waals surface area contributed by atoms with Crippen molar-refractivity contribution in [3.63, 3.8) is 0 Å². The smallest absolute Gasteiger partial charge is 0.416 e. The fourth-order valence-corrected chi connectivity index (χ4v) is 8.85.